The molecule has 0 unspecified atom stereocenters. The molecule has 0 bridgehead atoms. The lowest BCUT2D eigenvalue weighted by atomic mass is 10.2. The van der Waals surface area contributed by atoms with Gasteiger partial charge in [-0.1, -0.05) is 12.1 Å². The van der Waals surface area contributed by atoms with Gasteiger partial charge in [0.2, 0.25) is 0 Å². The monoisotopic (exact) mass is 275 g/mol. The summed E-state index contributed by atoms with van der Waals surface area (Å²) < 4.78 is 5.38. The second kappa shape index (κ2) is 7.20. The van der Waals surface area contributed by atoms with Crippen LogP contribution in [-0.2, 0) is 15.3 Å². The zero-order chi connectivity index (χ0) is 13.5. The van der Waals surface area contributed by atoms with E-state index in [0.29, 0.717) is 11.3 Å². The van der Waals surface area contributed by atoms with Gasteiger partial charge in [-0.25, -0.2) is 0 Å². The van der Waals surface area contributed by atoms with E-state index < -0.39 is 0 Å². The number of thioether (sulfide) groups is 1. The maximum atomic E-state index is 11.6. The number of nitrogens with zero attached hydrogens (tertiary/aromatic N) is 1. The number of ether oxygens (including phenoxy) is 1. The van der Waals surface area contributed by atoms with E-state index in [1.54, 1.807) is 6.07 Å². The van der Waals surface area contributed by atoms with Gasteiger partial charge in [-0.2, -0.15) is 5.26 Å². The fourth-order valence-electron chi connectivity index (χ4n) is 2.21. The number of nitriles is 1. The van der Waals surface area contributed by atoms with Gasteiger partial charge in [0, 0.05) is 5.75 Å². The molecule has 4 heteroatoms. The first-order valence-corrected chi connectivity index (χ1v) is 7.69. The molecule has 1 aromatic carbocycles. The van der Waals surface area contributed by atoms with E-state index in [2.05, 4.69) is 6.07 Å². The first-order valence-electron chi connectivity index (χ1n) is 6.54. The standard InChI is InChI=1S/C15H17NO2S/c16-9-12-4-3-5-13(8-12)10-19-11-15(17)18-14-6-1-2-7-14/h3-5,8,14H,1-2,6-7,10-11H2. The molecule has 0 atom stereocenters. The van der Waals surface area contributed by atoms with Gasteiger partial charge in [0.1, 0.15) is 6.10 Å². The highest BCUT2D eigenvalue weighted by Gasteiger charge is 2.18. The number of rotatable bonds is 5. The third kappa shape index (κ3) is 4.60. The topological polar surface area (TPSA) is 50.1 Å². The Balaban J connectivity index is 1.70. The fourth-order valence-corrected chi connectivity index (χ4v) is 2.96. The molecule has 1 aliphatic carbocycles. The Hall–Kier alpha value is -1.47. The Kier molecular flexibility index (Phi) is 5.29. The van der Waals surface area contributed by atoms with Gasteiger partial charge < -0.3 is 4.74 Å². The Morgan fingerprint density at radius 2 is 2.21 bits per heavy atom. The third-order valence-corrected chi connectivity index (χ3v) is 4.12. The number of hydrogen-bond acceptors (Lipinski definition) is 4. The SMILES string of the molecule is N#Cc1cccc(CSCC(=O)OC2CCCC2)c1. The minimum absolute atomic E-state index is 0.117. The number of esters is 1. The summed E-state index contributed by atoms with van der Waals surface area (Å²) in [6, 6.07) is 9.59. The molecule has 0 radical (unpaired) electrons. The summed E-state index contributed by atoms with van der Waals surface area (Å²) in [5, 5.41) is 8.80. The van der Waals surface area contributed by atoms with Crippen LogP contribution in [-0.4, -0.2) is 17.8 Å². The van der Waals surface area contributed by atoms with E-state index in [1.165, 1.54) is 24.6 Å². The van der Waals surface area contributed by atoms with Crippen molar-refractivity contribution in [1.82, 2.24) is 0 Å². The largest absolute Gasteiger partial charge is 0.462 e. The Morgan fingerprint density at radius 3 is 2.95 bits per heavy atom. The van der Waals surface area contributed by atoms with Crippen LogP contribution in [0.1, 0.15) is 36.8 Å². The van der Waals surface area contributed by atoms with Crippen molar-refractivity contribution in [3.8, 4) is 6.07 Å². The zero-order valence-corrected chi connectivity index (χ0v) is 11.6. The molecule has 0 N–H and O–H groups in total. The van der Waals surface area contributed by atoms with E-state index in [1.807, 2.05) is 18.2 Å². The average Bonchev–Trinajstić information content (AvgIpc) is 2.92. The van der Waals surface area contributed by atoms with Crippen LogP contribution in [0, 0.1) is 11.3 Å². The molecule has 1 saturated carbocycles. The summed E-state index contributed by atoms with van der Waals surface area (Å²) in [6.45, 7) is 0. The highest BCUT2D eigenvalue weighted by atomic mass is 32.2. The molecule has 2 rings (SSSR count). The molecule has 0 aliphatic heterocycles. The van der Waals surface area contributed by atoms with Crippen LogP contribution >= 0.6 is 11.8 Å². The van der Waals surface area contributed by atoms with Crippen molar-refractivity contribution in [1.29, 1.82) is 5.26 Å². The maximum absolute atomic E-state index is 11.6. The first kappa shape index (κ1) is 14.0. The van der Waals surface area contributed by atoms with E-state index in [9.17, 15) is 4.79 Å². The van der Waals surface area contributed by atoms with E-state index in [-0.39, 0.29) is 12.1 Å². The fraction of sp³-hybridized carbons (Fsp3) is 0.467. The normalized spacial score (nSPS) is 15.1. The summed E-state index contributed by atoms with van der Waals surface area (Å²) in [7, 11) is 0. The number of benzene rings is 1. The second-order valence-corrected chi connectivity index (χ2v) is 5.69. The molecule has 0 spiro atoms. The number of carbonyl (C=O) groups excluding carboxylic acids is 1. The lowest BCUT2D eigenvalue weighted by molar-refractivity contribution is -0.145. The number of carbonyl (C=O) groups is 1. The molecule has 1 fully saturated rings. The van der Waals surface area contributed by atoms with Gasteiger partial charge in [0.15, 0.2) is 0 Å². The van der Waals surface area contributed by atoms with Crippen LogP contribution < -0.4 is 0 Å². The molecule has 1 aliphatic rings. The lowest BCUT2D eigenvalue weighted by Crippen LogP contribution is -2.16. The van der Waals surface area contributed by atoms with Crippen LogP contribution in [0.25, 0.3) is 0 Å². The minimum atomic E-state index is -0.117. The molecule has 0 amide bonds. The first-order chi connectivity index (χ1) is 9.28. The molecule has 3 nitrogen and oxygen atoms in total. The third-order valence-electron chi connectivity index (χ3n) is 3.15. The molecule has 1 aromatic rings. The van der Waals surface area contributed by atoms with Gasteiger partial charge in [0.05, 0.1) is 17.4 Å². The van der Waals surface area contributed by atoms with Crippen molar-refractivity contribution in [3.05, 3.63) is 35.4 Å². The van der Waals surface area contributed by atoms with Crippen molar-refractivity contribution < 1.29 is 9.53 Å². The molecular weight excluding hydrogens is 258 g/mol. The van der Waals surface area contributed by atoms with Crippen LogP contribution in [0.5, 0.6) is 0 Å². The molecule has 100 valence electrons. The Morgan fingerprint density at radius 1 is 1.42 bits per heavy atom. The van der Waals surface area contributed by atoms with Crippen molar-refractivity contribution in [3.63, 3.8) is 0 Å². The summed E-state index contributed by atoms with van der Waals surface area (Å²) in [5.41, 5.74) is 1.73. The van der Waals surface area contributed by atoms with Crippen LogP contribution in [0.15, 0.2) is 24.3 Å². The Labute approximate surface area is 118 Å². The molecule has 0 saturated heterocycles. The predicted octanol–water partition coefficient (Wildman–Crippen LogP) is 3.28. The minimum Gasteiger partial charge on any atom is -0.462 e. The lowest BCUT2D eigenvalue weighted by Gasteiger charge is -2.10. The molecule has 0 heterocycles. The number of hydrogen-bond donors (Lipinski definition) is 0. The average molecular weight is 275 g/mol. The van der Waals surface area contributed by atoms with Crippen LogP contribution in [0.2, 0.25) is 0 Å². The quantitative estimate of drug-likeness (QED) is 0.774. The molecular formula is C15H17NO2S. The van der Waals surface area contributed by atoms with Crippen molar-refractivity contribution in [2.75, 3.05) is 5.75 Å². The maximum Gasteiger partial charge on any atom is 0.316 e. The van der Waals surface area contributed by atoms with Crippen LogP contribution in [0.3, 0.4) is 0 Å². The van der Waals surface area contributed by atoms with Gasteiger partial charge in [-0.3, -0.25) is 4.79 Å². The van der Waals surface area contributed by atoms with Gasteiger partial charge in [-0.15, -0.1) is 11.8 Å². The van der Waals surface area contributed by atoms with Crippen molar-refractivity contribution >= 4 is 17.7 Å². The van der Waals surface area contributed by atoms with Crippen molar-refractivity contribution in [2.45, 2.75) is 37.5 Å². The molecule has 19 heavy (non-hydrogen) atoms. The summed E-state index contributed by atoms with van der Waals surface area (Å²) >= 11 is 1.53. The van der Waals surface area contributed by atoms with Crippen LogP contribution in [0.4, 0.5) is 0 Å². The zero-order valence-electron chi connectivity index (χ0n) is 10.8. The van der Waals surface area contributed by atoms with E-state index in [4.69, 9.17) is 10.00 Å². The highest BCUT2D eigenvalue weighted by molar-refractivity contribution is 7.99. The molecule has 0 aromatic heterocycles. The van der Waals surface area contributed by atoms with Gasteiger partial charge in [-0.05, 0) is 43.4 Å². The predicted molar refractivity (Wildman–Crippen MR) is 75.7 cm³/mol. The highest BCUT2D eigenvalue weighted by Crippen LogP contribution is 2.22. The smallest absolute Gasteiger partial charge is 0.316 e. The summed E-state index contributed by atoms with van der Waals surface area (Å²) in [5.74, 6) is 0.996. The van der Waals surface area contributed by atoms with Gasteiger partial charge >= 0.3 is 5.97 Å². The summed E-state index contributed by atoms with van der Waals surface area (Å²) in [6.07, 6.45) is 4.52. The Bertz CT molecular complexity index is 475. The summed E-state index contributed by atoms with van der Waals surface area (Å²) in [4.78, 5) is 11.6. The van der Waals surface area contributed by atoms with E-state index in [0.717, 1.165) is 24.2 Å². The second-order valence-electron chi connectivity index (χ2n) is 4.70. The van der Waals surface area contributed by atoms with Crippen molar-refractivity contribution in [2.24, 2.45) is 0 Å². The van der Waals surface area contributed by atoms with Gasteiger partial charge in [0.25, 0.3) is 0 Å². The van der Waals surface area contributed by atoms with E-state index >= 15 is 0 Å².